The van der Waals surface area contributed by atoms with Crippen LogP contribution in [0.3, 0.4) is 0 Å². The number of azide groups is 1. The summed E-state index contributed by atoms with van der Waals surface area (Å²) in [6.07, 6.45) is -0.559. The van der Waals surface area contributed by atoms with E-state index in [2.05, 4.69) is 10.0 Å². The number of aliphatic carboxylic acids is 1. The number of carbonyl (C=O) groups is 2. The number of aliphatic hydroxyl groups is 1. The number of ether oxygens (including phenoxy) is 3. The molecule has 1 aromatic carbocycles. The fraction of sp³-hybridized carbons (Fsp3) is 0.680. The molecule has 10 nitrogen and oxygen atoms in total. The van der Waals surface area contributed by atoms with Crippen LogP contribution in [-0.4, -0.2) is 61.5 Å². The largest absolute Gasteiger partial charge is 0.493 e. The summed E-state index contributed by atoms with van der Waals surface area (Å²) >= 11 is 0. The van der Waals surface area contributed by atoms with Crippen molar-refractivity contribution in [2.75, 3.05) is 27.4 Å². The minimum atomic E-state index is -1.40. The molecule has 2 N–H and O–H groups in total. The van der Waals surface area contributed by atoms with E-state index in [4.69, 9.17) is 19.7 Å². The molecule has 10 heteroatoms. The maximum atomic E-state index is 13.5. The van der Waals surface area contributed by atoms with Crippen LogP contribution in [0, 0.1) is 23.7 Å². The van der Waals surface area contributed by atoms with Crippen molar-refractivity contribution in [3.05, 3.63) is 34.2 Å². The monoisotopic (exact) mass is 493 g/mol. The van der Waals surface area contributed by atoms with Gasteiger partial charge in [-0.2, -0.15) is 0 Å². The summed E-state index contributed by atoms with van der Waals surface area (Å²) in [7, 11) is 3.17. The number of ketones is 1. The van der Waals surface area contributed by atoms with Gasteiger partial charge in [-0.3, -0.25) is 9.59 Å². The van der Waals surface area contributed by atoms with Gasteiger partial charge in [-0.1, -0.05) is 38.9 Å². The number of carbonyl (C=O) groups excluding carboxylic acids is 1. The van der Waals surface area contributed by atoms with Gasteiger partial charge < -0.3 is 24.4 Å². The molecule has 0 aliphatic rings. The molecule has 35 heavy (non-hydrogen) atoms. The van der Waals surface area contributed by atoms with Gasteiger partial charge in [0.1, 0.15) is 11.8 Å². The molecule has 1 rings (SSSR count). The maximum Gasteiger partial charge on any atom is 0.306 e. The van der Waals surface area contributed by atoms with Crippen molar-refractivity contribution in [3.63, 3.8) is 0 Å². The molecule has 196 valence electrons. The Bertz CT molecular complexity index is 869. The van der Waals surface area contributed by atoms with Crippen molar-refractivity contribution in [1.82, 2.24) is 0 Å². The summed E-state index contributed by atoms with van der Waals surface area (Å²) in [5.41, 5.74) is 9.87. The van der Waals surface area contributed by atoms with E-state index in [-0.39, 0.29) is 18.3 Å². The van der Waals surface area contributed by atoms with E-state index in [9.17, 15) is 19.8 Å². The fourth-order valence-corrected chi connectivity index (χ4v) is 3.91. The van der Waals surface area contributed by atoms with Gasteiger partial charge in [-0.15, -0.1) is 0 Å². The zero-order valence-electron chi connectivity index (χ0n) is 21.5. The van der Waals surface area contributed by atoms with Gasteiger partial charge in [0.15, 0.2) is 11.5 Å². The van der Waals surface area contributed by atoms with E-state index >= 15 is 0 Å². The third-order valence-electron chi connectivity index (χ3n) is 6.05. The highest BCUT2D eigenvalue weighted by atomic mass is 16.5. The first-order valence-electron chi connectivity index (χ1n) is 11.8. The Labute approximate surface area is 207 Å². The second-order valence-corrected chi connectivity index (χ2v) is 9.28. The van der Waals surface area contributed by atoms with Gasteiger partial charge >= 0.3 is 5.97 Å². The summed E-state index contributed by atoms with van der Waals surface area (Å²) in [5, 5.41) is 23.8. The van der Waals surface area contributed by atoms with Gasteiger partial charge in [-0.25, -0.2) is 0 Å². The Morgan fingerprint density at radius 3 is 2.23 bits per heavy atom. The average molecular weight is 494 g/mol. The van der Waals surface area contributed by atoms with Crippen LogP contribution in [0.25, 0.3) is 10.4 Å². The Morgan fingerprint density at radius 1 is 1.06 bits per heavy atom. The van der Waals surface area contributed by atoms with Gasteiger partial charge in [0.2, 0.25) is 0 Å². The van der Waals surface area contributed by atoms with E-state index in [0.29, 0.717) is 37.6 Å². The number of nitrogens with zero attached hydrogens (tertiary/aromatic N) is 3. The lowest BCUT2D eigenvalue weighted by atomic mass is 9.80. The maximum absolute atomic E-state index is 13.5. The summed E-state index contributed by atoms with van der Waals surface area (Å²) in [4.78, 5) is 27.8. The van der Waals surface area contributed by atoms with E-state index in [1.807, 2.05) is 26.0 Å². The molecule has 0 amide bonds. The molecular weight excluding hydrogens is 454 g/mol. The van der Waals surface area contributed by atoms with E-state index in [1.165, 1.54) is 0 Å². The topological polar surface area (TPSA) is 151 Å². The molecule has 0 saturated heterocycles. The fourth-order valence-electron chi connectivity index (χ4n) is 3.91. The van der Waals surface area contributed by atoms with Crippen LogP contribution in [0.1, 0.15) is 46.1 Å². The first-order valence-corrected chi connectivity index (χ1v) is 11.8. The lowest BCUT2D eigenvalue weighted by Gasteiger charge is -2.28. The molecule has 0 aliphatic heterocycles. The molecule has 0 fully saturated rings. The van der Waals surface area contributed by atoms with Crippen molar-refractivity contribution in [3.8, 4) is 11.5 Å². The number of aliphatic hydroxyl groups excluding tert-OH is 1. The van der Waals surface area contributed by atoms with Crippen molar-refractivity contribution < 1.29 is 34.0 Å². The standard InChI is InChI=1S/C25H39N3O7/c1-15(2)18(12-17-8-9-21(34-6)22(13-17)35-11-7-10-33-5)24(30)23(27-28-26)20(29)14-19(16(3)4)25(31)32/h8-9,13,15-16,18-20,23,29H,7,10-12,14H2,1-6H3,(H,31,32)/t18-,19-,20+,23-/m1/s1. The number of Topliss-reactive ketones (excluding diaryl/α,β-unsaturated/α-hetero) is 1. The highest BCUT2D eigenvalue weighted by Gasteiger charge is 2.36. The first-order chi connectivity index (χ1) is 16.6. The molecule has 0 radical (unpaired) electrons. The van der Waals surface area contributed by atoms with Crippen LogP contribution < -0.4 is 9.47 Å². The van der Waals surface area contributed by atoms with Crippen LogP contribution >= 0.6 is 0 Å². The molecule has 0 heterocycles. The third kappa shape index (κ3) is 9.39. The quantitative estimate of drug-likeness (QED) is 0.142. The normalized spacial score (nSPS) is 14.7. The van der Waals surface area contributed by atoms with Gasteiger partial charge in [0.05, 0.1) is 25.7 Å². The molecule has 0 unspecified atom stereocenters. The molecule has 0 bridgehead atoms. The van der Waals surface area contributed by atoms with E-state index in [0.717, 1.165) is 5.56 Å². The Hall–Kier alpha value is -2.81. The number of hydrogen-bond donors (Lipinski definition) is 2. The van der Waals surface area contributed by atoms with Crippen molar-refractivity contribution in [1.29, 1.82) is 0 Å². The van der Waals surface area contributed by atoms with Crippen molar-refractivity contribution in [2.45, 2.75) is 59.1 Å². The van der Waals surface area contributed by atoms with Crippen LogP contribution in [0.4, 0.5) is 0 Å². The summed E-state index contributed by atoms with van der Waals surface area (Å²) in [6.45, 7) is 8.21. The smallest absolute Gasteiger partial charge is 0.306 e. The second-order valence-electron chi connectivity index (χ2n) is 9.28. The molecule has 0 saturated carbocycles. The number of rotatable bonds is 17. The third-order valence-corrected chi connectivity index (χ3v) is 6.05. The van der Waals surface area contributed by atoms with Crippen LogP contribution in [0.5, 0.6) is 11.5 Å². The number of benzene rings is 1. The first kappa shape index (κ1) is 30.2. The number of methoxy groups -OCH3 is 2. The van der Waals surface area contributed by atoms with Crippen LogP contribution in [0.15, 0.2) is 23.3 Å². The van der Waals surface area contributed by atoms with Crippen molar-refractivity contribution >= 4 is 11.8 Å². The number of carboxylic acid groups (broad SMARTS) is 1. The van der Waals surface area contributed by atoms with Crippen molar-refractivity contribution in [2.24, 2.45) is 28.8 Å². The predicted molar refractivity (Wildman–Crippen MR) is 132 cm³/mol. The summed E-state index contributed by atoms with van der Waals surface area (Å²) in [6, 6.07) is 4.03. The highest BCUT2D eigenvalue weighted by Crippen LogP contribution is 2.31. The van der Waals surface area contributed by atoms with Crippen LogP contribution in [-0.2, 0) is 20.7 Å². The van der Waals surface area contributed by atoms with Gasteiger partial charge in [-0.05, 0) is 47.9 Å². The van der Waals surface area contributed by atoms with E-state index < -0.39 is 35.7 Å². The lowest BCUT2D eigenvalue weighted by Crippen LogP contribution is -2.41. The minimum Gasteiger partial charge on any atom is -0.493 e. The Kier molecular flexibility index (Phi) is 13.2. The Morgan fingerprint density at radius 2 is 1.71 bits per heavy atom. The predicted octanol–water partition coefficient (Wildman–Crippen LogP) is 4.28. The molecule has 0 aliphatic carbocycles. The lowest BCUT2D eigenvalue weighted by molar-refractivity contribution is -0.145. The molecule has 4 atom stereocenters. The average Bonchev–Trinajstić information content (AvgIpc) is 2.81. The minimum absolute atomic E-state index is 0.125. The van der Waals surface area contributed by atoms with Crippen LogP contribution in [0.2, 0.25) is 0 Å². The highest BCUT2D eigenvalue weighted by molar-refractivity contribution is 5.87. The molecular formula is C25H39N3O7. The molecule has 1 aromatic rings. The molecule has 0 spiro atoms. The summed E-state index contributed by atoms with van der Waals surface area (Å²) in [5.74, 6) is -2.20. The van der Waals surface area contributed by atoms with E-state index in [1.54, 1.807) is 34.1 Å². The molecule has 0 aromatic heterocycles. The number of hydrogen-bond acceptors (Lipinski definition) is 7. The van der Waals surface area contributed by atoms with Gasteiger partial charge in [0.25, 0.3) is 0 Å². The SMILES string of the molecule is COCCCOc1cc(C[C@@H](C(=O)[C@H](N=[N+]=[N-])[C@@H](O)C[C@@H](C(=O)O)C(C)C)C(C)C)ccc1OC. The van der Waals surface area contributed by atoms with Gasteiger partial charge in [0, 0.05) is 31.0 Å². The zero-order chi connectivity index (χ0) is 26.5. The second kappa shape index (κ2) is 15.2. The number of carboxylic acids is 1. The zero-order valence-corrected chi connectivity index (χ0v) is 21.5. The Balaban J connectivity index is 3.14. The summed E-state index contributed by atoms with van der Waals surface area (Å²) < 4.78 is 16.2.